The van der Waals surface area contributed by atoms with Crippen LogP contribution in [0.3, 0.4) is 0 Å². The van der Waals surface area contributed by atoms with Crippen LogP contribution in [0.5, 0.6) is 0 Å². The van der Waals surface area contributed by atoms with Gasteiger partial charge in [0.25, 0.3) is 0 Å². The number of carbonyl (C=O) groups is 1. The van der Waals surface area contributed by atoms with Crippen LogP contribution in [0, 0.1) is 6.92 Å². The lowest BCUT2D eigenvalue weighted by molar-refractivity contribution is 0.260. The summed E-state index contributed by atoms with van der Waals surface area (Å²) in [5.74, 6) is 0. The minimum atomic E-state index is -3.34. The Bertz CT molecular complexity index is 828. The molecule has 0 aliphatic heterocycles. The van der Waals surface area contributed by atoms with Gasteiger partial charge in [0, 0.05) is 16.4 Å². The van der Waals surface area contributed by atoms with Crippen LogP contribution >= 0.6 is 33.9 Å². The summed E-state index contributed by atoms with van der Waals surface area (Å²) >= 11 is 11.6. The molecule has 0 radical (unpaired) electrons. The van der Waals surface area contributed by atoms with E-state index in [9.17, 15) is 9.00 Å². The maximum Gasteiger partial charge on any atom is 0.354 e. The number of aryl methyl sites for hydroxylation is 1. The number of nitrogens with zero attached hydrogens (tertiary/aromatic N) is 1. The first kappa shape index (κ1) is 17.1. The second-order valence-corrected chi connectivity index (χ2v) is 8.06. The fourth-order valence-electron chi connectivity index (χ4n) is 1.59. The molecule has 0 bridgehead atoms. The second-order valence-electron chi connectivity index (χ2n) is 4.42. The van der Waals surface area contributed by atoms with Gasteiger partial charge in [-0.15, -0.1) is 4.36 Å². The largest absolute Gasteiger partial charge is 0.354 e. The number of urea groups is 1. The van der Waals surface area contributed by atoms with Gasteiger partial charge >= 0.3 is 6.03 Å². The lowest BCUT2D eigenvalue weighted by atomic mass is 10.2. The van der Waals surface area contributed by atoms with Gasteiger partial charge in [-0.3, -0.25) is 0 Å². The van der Waals surface area contributed by atoms with E-state index in [-0.39, 0.29) is 9.92 Å². The molecule has 116 valence electrons. The zero-order valence-corrected chi connectivity index (χ0v) is 14.4. The summed E-state index contributed by atoms with van der Waals surface area (Å²) in [7, 11) is 2.55. The summed E-state index contributed by atoms with van der Waals surface area (Å²) in [4.78, 5) is 12.1. The molecule has 8 heteroatoms. The minimum Gasteiger partial charge on any atom is -0.305 e. The molecule has 1 N–H and O–H groups in total. The summed E-state index contributed by atoms with van der Waals surface area (Å²) in [6, 6.07) is 10.3. The van der Waals surface area contributed by atoms with Crippen LogP contribution in [-0.4, -0.2) is 10.2 Å². The van der Waals surface area contributed by atoms with Crippen molar-refractivity contribution in [2.24, 2.45) is 4.36 Å². The van der Waals surface area contributed by atoms with Crippen LogP contribution < -0.4 is 5.32 Å². The molecule has 0 aliphatic carbocycles. The zero-order chi connectivity index (χ0) is 16.3. The molecule has 1 atom stereocenters. The van der Waals surface area contributed by atoms with E-state index in [2.05, 4.69) is 9.68 Å². The smallest absolute Gasteiger partial charge is 0.305 e. The molecule has 2 rings (SSSR count). The molecule has 0 fully saturated rings. The van der Waals surface area contributed by atoms with Gasteiger partial charge in [0.15, 0.2) is 8.94 Å². The number of carbonyl (C=O) groups excluding carboxylic acids is 1. The van der Waals surface area contributed by atoms with Crippen molar-refractivity contribution in [3.05, 3.63) is 58.1 Å². The number of rotatable bonds is 2. The quantitative estimate of drug-likeness (QED) is 0.701. The minimum absolute atomic E-state index is 0.268. The predicted octanol–water partition coefficient (Wildman–Crippen LogP) is 5.51. The summed E-state index contributed by atoms with van der Waals surface area (Å²) in [5, 5.41) is 3.08. The number of hydrogen-bond donors (Lipinski definition) is 1. The topological polar surface area (TPSA) is 58.5 Å². The van der Waals surface area contributed by atoms with Crippen molar-refractivity contribution in [2.45, 2.75) is 11.8 Å². The summed E-state index contributed by atoms with van der Waals surface area (Å²) in [6.45, 7) is 1.88. The van der Waals surface area contributed by atoms with Gasteiger partial charge in [-0.25, -0.2) is 9.00 Å². The van der Waals surface area contributed by atoms with E-state index in [0.29, 0.717) is 10.7 Å². The standard InChI is InChI=1S/C14H11Cl3N2O2S/c1-9-2-5-11(6-3-9)22(17,21)19-14(20)18-10-4-7-12(15)13(16)8-10/h2-8H,1H3,(H,18,20). The molecule has 2 aromatic rings. The first-order valence-corrected chi connectivity index (χ1v) is 9.17. The molecule has 0 saturated heterocycles. The lowest BCUT2D eigenvalue weighted by Crippen LogP contribution is -2.08. The Labute approximate surface area is 143 Å². The molecule has 0 saturated carbocycles. The summed E-state index contributed by atoms with van der Waals surface area (Å²) in [6.07, 6.45) is 0. The maximum absolute atomic E-state index is 12.3. The van der Waals surface area contributed by atoms with Crippen molar-refractivity contribution >= 4 is 54.5 Å². The molecule has 22 heavy (non-hydrogen) atoms. The third-order valence-corrected chi connectivity index (χ3v) is 5.42. The van der Waals surface area contributed by atoms with Crippen molar-refractivity contribution in [1.29, 1.82) is 0 Å². The van der Waals surface area contributed by atoms with E-state index in [4.69, 9.17) is 33.9 Å². The van der Waals surface area contributed by atoms with Crippen molar-refractivity contribution < 1.29 is 9.00 Å². The van der Waals surface area contributed by atoms with Crippen molar-refractivity contribution in [3.63, 3.8) is 0 Å². The highest BCUT2D eigenvalue weighted by molar-refractivity contribution is 8.15. The van der Waals surface area contributed by atoms with Gasteiger partial charge in [0.05, 0.1) is 14.9 Å². The van der Waals surface area contributed by atoms with E-state index >= 15 is 0 Å². The third-order valence-electron chi connectivity index (χ3n) is 2.68. The Morgan fingerprint density at radius 1 is 1.09 bits per heavy atom. The van der Waals surface area contributed by atoms with Gasteiger partial charge in [-0.05, 0) is 37.3 Å². The van der Waals surface area contributed by atoms with Crippen molar-refractivity contribution in [3.8, 4) is 0 Å². The van der Waals surface area contributed by atoms with E-state index in [1.807, 2.05) is 6.92 Å². The number of amides is 2. The molecule has 2 aromatic carbocycles. The van der Waals surface area contributed by atoms with Gasteiger partial charge in [0.1, 0.15) is 0 Å². The molecular formula is C14H11Cl3N2O2S. The van der Waals surface area contributed by atoms with Gasteiger partial charge in [0.2, 0.25) is 0 Å². The number of anilines is 1. The number of halogens is 3. The normalized spacial score (nSPS) is 13.3. The SMILES string of the molecule is Cc1ccc(S(=O)(Cl)=NC(=O)Nc2ccc(Cl)c(Cl)c2)cc1. The monoisotopic (exact) mass is 376 g/mol. The number of hydrogen-bond acceptors (Lipinski definition) is 2. The fraction of sp³-hybridized carbons (Fsp3) is 0.0714. The first-order valence-electron chi connectivity index (χ1n) is 6.07. The molecule has 4 nitrogen and oxygen atoms in total. The Morgan fingerprint density at radius 3 is 2.32 bits per heavy atom. The molecule has 0 aromatic heterocycles. The predicted molar refractivity (Wildman–Crippen MR) is 91.3 cm³/mol. The third kappa shape index (κ3) is 4.36. The Kier molecular flexibility index (Phi) is 5.34. The average molecular weight is 378 g/mol. The first-order chi connectivity index (χ1) is 10.3. The molecule has 0 heterocycles. The van der Waals surface area contributed by atoms with E-state index in [1.165, 1.54) is 12.1 Å². The van der Waals surface area contributed by atoms with E-state index in [1.54, 1.807) is 30.3 Å². The molecule has 1 unspecified atom stereocenters. The number of benzene rings is 2. The summed E-state index contributed by atoms with van der Waals surface area (Å²) in [5.41, 5.74) is 1.36. The van der Waals surface area contributed by atoms with Crippen LogP contribution in [0.25, 0.3) is 0 Å². The Hall–Kier alpha value is -1.27. The molecule has 0 spiro atoms. The Morgan fingerprint density at radius 2 is 1.73 bits per heavy atom. The van der Waals surface area contributed by atoms with E-state index < -0.39 is 15.0 Å². The van der Waals surface area contributed by atoms with Gasteiger partial charge in [-0.1, -0.05) is 40.9 Å². The van der Waals surface area contributed by atoms with Crippen LogP contribution in [0.15, 0.2) is 51.7 Å². The Balaban J connectivity index is 2.23. The fourth-order valence-corrected chi connectivity index (χ4v) is 3.22. The van der Waals surface area contributed by atoms with Crippen molar-refractivity contribution in [1.82, 2.24) is 0 Å². The summed E-state index contributed by atoms with van der Waals surface area (Å²) < 4.78 is 15.8. The van der Waals surface area contributed by atoms with Crippen LogP contribution in [0.1, 0.15) is 5.56 Å². The average Bonchev–Trinajstić information content (AvgIpc) is 2.42. The highest BCUT2D eigenvalue weighted by Gasteiger charge is 2.12. The highest BCUT2D eigenvalue weighted by atomic mass is 35.7. The second kappa shape index (κ2) is 6.87. The van der Waals surface area contributed by atoms with Gasteiger partial charge < -0.3 is 5.32 Å². The van der Waals surface area contributed by atoms with Crippen molar-refractivity contribution in [2.75, 3.05) is 5.32 Å². The van der Waals surface area contributed by atoms with Crippen LogP contribution in [-0.2, 0) is 8.94 Å². The molecule has 0 aliphatic rings. The lowest BCUT2D eigenvalue weighted by Gasteiger charge is -2.05. The maximum atomic E-state index is 12.3. The molecule has 2 amide bonds. The van der Waals surface area contributed by atoms with Crippen LogP contribution in [0.4, 0.5) is 10.5 Å². The van der Waals surface area contributed by atoms with E-state index in [0.717, 1.165) is 5.56 Å². The number of nitrogens with one attached hydrogen (secondary N) is 1. The highest BCUT2D eigenvalue weighted by Crippen LogP contribution is 2.25. The van der Waals surface area contributed by atoms with Crippen LogP contribution in [0.2, 0.25) is 10.0 Å². The zero-order valence-electron chi connectivity index (χ0n) is 11.3. The molecular weight excluding hydrogens is 367 g/mol. The van der Waals surface area contributed by atoms with Gasteiger partial charge in [-0.2, -0.15) is 0 Å².